The highest BCUT2D eigenvalue weighted by Gasteiger charge is 2.03. The Hall–Kier alpha value is -2.35. The number of methoxy groups -OCH3 is 1. The van der Waals surface area contributed by atoms with E-state index in [9.17, 15) is 4.79 Å². The molecule has 0 atom stereocenters. The van der Waals surface area contributed by atoms with Gasteiger partial charge in [0.2, 0.25) is 0 Å². The van der Waals surface area contributed by atoms with Gasteiger partial charge in [0.1, 0.15) is 12.4 Å². The third-order valence-corrected chi connectivity index (χ3v) is 3.46. The van der Waals surface area contributed by atoms with Gasteiger partial charge in [-0.05, 0) is 36.2 Å². The zero-order chi connectivity index (χ0) is 18.5. The Kier molecular flexibility index (Phi) is 9.27. The van der Waals surface area contributed by atoms with Crippen molar-refractivity contribution >= 4 is 11.7 Å². The van der Waals surface area contributed by atoms with Gasteiger partial charge in [-0.1, -0.05) is 12.1 Å². The molecular weight excluding hydrogens is 336 g/mol. The molecule has 0 aliphatic heterocycles. The molecule has 7 nitrogen and oxygen atoms in total. The molecule has 0 saturated heterocycles. The van der Waals surface area contributed by atoms with Crippen molar-refractivity contribution in [3.8, 4) is 0 Å². The Bertz CT molecular complexity index is 631. The quantitative estimate of drug-likeness (QED) is 0.567. The predicted octanol–water partition coefficient (Wildman–Crippen LogP) is 3.17. The summed E-state index contributed by atoms with van der Waals surface area (Å²) in [6.07, 6.45) is 2.34. The highest BCUT2D eigenvalue weighted by atomic mass is 16.5. The minimum absolute atomic E-state index is 0.242. The first kappa shape index (κ1) is 20.0. The molecule has 1 aromatic carbocycles. The Morgan fingerprint density at radius 3 is 2.77 bits per heavy atom. The third kappa shape index (κ3) is 8.15. The Balaban J connectivity index is 1.58. The topological polar surface area (TPSA) is 82.0 Å². The molecular formula is C19H26N2O5. The summed E-state index contributed by atoms with van der Waals surface area (Å²) < 4.78 is 21.0. The van der Waals surface area contributed by atoms with E-state index >= 15 is 0 Å². The molecule has 0 aliphatic carbocycles. The zero-order valence-corrected chi connectivity index (χ0v) is 15.0. The lowest BCUT2D eigenvalue weighted by atomic mass is 10.2. The van der Waals surface area contributed by atoms with Gasteiger partial charge < -0.3 is 29.3 Å². The van der Waals surface area contributed by atoms with Gasteiger partial charge in [-0.2, -0.15) is 0 Å². The second-order valence-corrected chi connectivity index (χ2v) is 5.61. The maximum Gasteiger partial charge on any atom is 0.319 e. The fourth-order valence-electron chi connectivity index (χ4n) is 2.19. The van der Waals surface area contributed by atoms with E-state index in [0.717, 1.165) is 23.4 Å². The fourth-order valence-corrected chi connectivity index (χ4v) is 2.19. The average Bonchev–Trinajstić information content (AvgIpc) is 3.15. The second kappa shape index (κ2) is 12.1. The monoisotopic (exact) mass is 362 g/mol. The number of furan rings is 1. The van der Waals surface area contributed by atoms with Gasteiger partial charge in [0.15, 0.2) is 0 Å². The summed E-state index contributed by atoms with van der Waals surface area (Å²) >= 11 is 0. The van der Waals surface area contributed by atoms with Crippen LogP contribution in [0.15, 0.2) is 47.1 Å². The van der Waals surface area contributed by atoms with Crippen LogP contribution in [0.1, 0.15) is 17.7 Å². The lowest BCUT2D eigenvalue weighted by Gasteiger charge is -2.09. The number of rotatable bonds is 12. The van der Waals surface area contributed by atoms with E-state index in [-0.39, 0.29) is 6.03 Å². The van der Waals surface area contributed by atoms with Crippen LogP contribution in [0.4, 0.5) is 10.5 Å². The smallest absolute Gasteiger partial charge is 0.319 e. The first-order chi connectivity index (χ1) is 12.8. The van der Waals surface area contributed by atoms with E-state index in [1.165, 1.54) is 0 Å². The number of carbonyl (C=O) groups is 1. The van der Waals surface area contributed by atoms with Crippen molar-refractivity contribution in [2.75, 3.05) is 38.8 Å². The lowest BCUT2D eigenvalue weighted by molar-refractivity contribution is 0.0617. The summed E-state index contributed by atoms with van der Waals surface area (Å²) in [6, 6.07) is 11.0. The summed E-state index contributed by atoms with van der Waals surface area (Å²) in [4.78, 5) is 11.9. The van der Waals surface area contributed by atoms with Crippen LogP contribution in [0.25, 0.3) is 0 Å². The standard InChI is InChI=1S/C19H26N2O5/c1-23-11-12-25-14-16-5-2-6-17(13-16)21-19(22)20-8-4-9-24-15-18-7-3-10-26-18/h2-3,5-7,10,13H,4,8-9,11-12,14-15H2,1H3,(H2,20,21,22). The number of anilines is 1. The van der Waals surface area contributed by atoms with Gasteiger partial charge in [0, 0.05) is 25.9 Å². The van der Waals surface area contributed by atoms with Crippen LogP contribution in [0.2, 0.25) is 0 Å². The molecule has 2 aromatic rings. The number of benzene rings is 1. The molecule has 2 N–H and O–H groups in total. The van der Waals surface area contributed by atoms with Crippen molar-refractivity contribution in [2.24, 2.45) is 0 Å². The zero-order valence-electron chi connectivity index (χ0n) is 15.0. The van der Waals surface area contributed by atoms with Crippen LogP contribution in [-0.2, 0) is 27.4 Å². The number of ether oxygens (including phenoxy) is 3. The summed E-state index contributed by atoms with van der Waals surface area (Å²) in [6.45, 7) is 3.10. The maximum absolute atomic E-state index is 11.9. The molecule has 26 heavy (non-hydrogen) atoms. The summed E-state index contributed by atoms with van der Waals surface area (Å²) in [5, 5.41) is 5.61. The number of hydrogen-bond acceptors (Lipinski definition) is 5. The van der Waals surface area contributed by atoms with Crippen molar-refractivity contribution in [3.05, 3.63) is 54.0 Å². The number of urea groups is 1. The molecule has 0 unspecified atom stereocenters. The molecule has 0 saturated carbocycles. The first-order valence-corrected chi connectivity index (χ1v) is 8.58. The van der Waals surface area contributed by atoms with E-state index in [4.69, 9.17) is 18.6 Å². The van der Waals surface area contributed by atoms with Crippen LogP contribution in [0.3, 0.4) is 0 Å². The third-order valence-electron chi connectivity index (χ3n) is 3.46. The summed E-state index contributed by atoms with van der Waals surface area (Å²) in [7, 11) is 1.64. The van der Waals surface area contributed by atoms with E-state index in [1.54, 1.807) is 13.4 Å². The summed E-state index contributed by atoms with van der Waals surface area (Å²) in [5.41, 5.74) is 1.72. The van der Waals surface area contributed by atoms with E-state index in [1.807, 2.05) is 36.4 Å². The Morgan fingerprint density at radius 2 is 1.96 bits per heavy atom. The number of amides is 2. The van der Waals surface area contributed by atoms with Gasteiger partial charge in [0.05, 0.1) is 26.1 Å². The average molecular weight is 362 g/mol. The Morgan fingerprint density at radius 1 is 1.08 bits per heavy atom. The van der Waals surface area contributed by atoms with Gasteiger partial charge in [-0.25, -0.2) is 4.79 Å². The van der Waals surface area contributed by atoms with E-state index < -0.39 is 0 Å². The molecule has 1 aromatic heterocycles. The van der Waals surface area contributed by atoms with Crippen molar-refractivity contribution in [2.45, 2.75) is 19.6 Å². The largest absolute Gasteiger partial charge is 0.467 e. The minimum Gasteiger partial charge on any atom is -0.467 e. The van der Waals surface area contributed by atoms with Crippen molar-refractivity contribution < 1.29 is 23.4 Å². The molecule has 1 heterocycles. The number of nitrogens with one attached hydrogen (secondary N) is 2. The van der Waals surface area contributed by atoms with Crippen molar-refractivity contribution in [1.29, 1.82) is 0 Å². The van der Waals surface area contributed by atoms with Crippen molar-refractivity contribution in [1.82, 2.24) is 5.32 Å². The molecule has 0 fully saturated rings. The van der Waals surface area contributed by atoms with Gasteiger partial charge in [-0.15, -0.1) is 0 Å². The molecule has 7 heteroatoms. The molecule has 0 spiro atoms. The highest BCUT2D eigenvalue weighted by molar-refractivity contribution is 5.89. The van der Waals surface area contributed by atoms with Crippen LogP contribution < -0.4 is 10.6 Å². The summed E-state index contributed by atoms with van der Waals surface area (Å²) in [5.74, 6) is 0.793. The Labute approximate surface area is 153 Å². The first-order valence-electron chi connectivity index (χ1n) is 8.58. The minimum atomic E-state index is -0.242. The molecule has 0 aliphatic rings. The van der Waals surface area contributed by atoms with Gasteiger partial charge >= 0.3 is 6.03 Å². The number of hydrogen-bond donors (Lipinski definition) is 2. The van der Waals surface area contributed by atoms with Gasteiger partial charge in [0.25, 0.3) is 0 Å². The fraction of sp³-hybridized carbons (Fsp3) is 0.421. The molecule has 2 amide bonds. The number of carbonyl (C=O) groups excluding carboxylic acids is 1. The van der Waals surface area contributed by atoms with Crippen molar-refractivity contribution in [3.63, 3.8) is 0 Å². The van der Waals surface area contributed by atoms with Crippen LogP contribution in [0, 0.1) is 0 Å². The second-order valence-electron chi connectivity index (χ2n) is 5.61. The molecule has 0 bridgehead atoms. The van der Waals surface area contributed by atoms with Gasteiger partial charge in [-0.3, -0.25) is 0 Å². The highest BCUT2D eigenvalue weighted by Crippen LogP contribution is 2.11. The predicted molar refractivity (Wildman–Crippen MR) is 98.0 cm³/mol. The molecule has 2 rings (SSSR count). The normalized spacial score (nSPS) is 10.7. The lowest BCUT2D eigenvalue weighted by Crippen LogP contribution is -2.30. The van der Waals surface area contributed by atoms with E-state index in [0.29, 0.717) is 39.6 Å². The van der Waals surface area contributed by atoms with E-state index in [2.05, 4.69) is 10.6 Å². The molecule has 0 radical (unpaired) electrons. The van der Waals surface area contributed by atoms with Crippen LogP contribution in [0.5, 0.6) is 0 Å². The SMILES string of the molecule is COCCOCc1cccc(NC(=O)NCCCOCc2ccco2)c1. The van der Waals surface area contributed by atoms with Crippen LogP contribution >= 0.6 is 0 Å². The molecule has 142 valence electrons. The maximum atomic E-state index is 11.9. The van der Waals surface area contributed by atoms with Crippen LogP contribution in [-0.4, -0.2) is 39.5 Å².